The fraction of sp³-hybridized carbons (Fsp3) is 0.478. The number of fused-ring (bicyclic) bond motifs is 1. The van der Waals surface area contributed by atoms with Gasteiger partial charge in [-0.15, -0.1) is 0 Å². The third-order valence-corrected chi connectivity index (χ3v) is 6.42. The summed E-state index contributed by atoms with van der Waals surface area (Å²) in [6.45, 7) is 10.3. The normalized spacial score (nSPS) is 15.6. The lowest BCUT2D eigenvalue weighted by atomic mass is 9.93. The van der Waals surface area contributed by atoms with Gasteiger partial charge in [0, 0.05) is 40.6 Å². The van der Waals surface area contributed by atoms with Crippen LogP contribution in [0.4, 0.5) is 0 Å². The Bertz CT molecular complexity index is 876. The van der Waals surface area contributed by atoms with E-state index in [1.165, 1.54) is 16.7 Å². The van der Waals surface area contributed by atoms with E-state index in [0.29, 0.717) is 5.75 Å². The van der Waals surface area contributed by atoms with Crippen LogP contribution in [-0.2, 0) is 30.3 Å². The maximum Gasteiger partial charge on any atom is 0.161 e. The second-order valence-corrected chi connectivity index (χ2v) is 9.90. The highest BCUT2D eigenvalue weighted by Crippen LogP contribution is 2.34. The quantitative estimate of drug-likeness (QED) is 0.734. The fourth-order valence-corrected chi connectivity index (χ4v) is 4.22. The molecule has 0 fully saturated rings. The zero-order valence-corrected chi connectivity index (χ0v) is 18.3. The number of hydrogen-bond acceptors (Lipinski definition) is 4. The summed E-state index contributed by atoms with van der Waals surface area (Å²) in [5.41, 5.74) is 3.82. The van der Waals surface area contributed by atoms with Crippen LogP contribution in [0.25, 0.3) is 0 Å². The van der Waals surface area contributed by atoms with Crippen LogP contribution in [0.1, 0.15) is 50.8 Å². The molecule has 1 atom stereocenters. The van der Waals surface area contributed by atoms with Gasteiger partial charge in [-0.25, -0.2) is 0 Å². The summed E-state index contributed by atoms with van der Waals surface area (Å²) >= 11 is 0. The van der Waals surface area contributed by atoms with Crippen LogP contribution in [0.5, 0.6) is 11.5 Å². The van der Waals surface area contributed by atoms with Gasteiger partial charge in [-0.05, 0) is 81.5 Å². The highest BCUT2D eigenvalue weighted by molar-refractivity contribution is 7.84. The number of benzene rings is 2. The van der Waals surface area contributed by atoms with Gasteiger partial charge in [-0.3, -0.25) is 9.11 Å². The molecule has 1 heterocycles. The smallest absolute Gasteiger partial charge is 0.161 e. The standard InChI is InChI=1S/C23H31NO3S/c1-16(2)27-22-12-17(6-9-21(22)25)10-11-23(3,4)24-14-18-7-8-20(28(5)26)13-19(18)15-24/h6-9,12-13,16,25H,10-11,14-15H2,1-5H3. The first kappa shape index (κ1) is 20.9. The van der Waals surface area contributed by atoms with Crippen LogP contribution in [0, 0.1) is 0 Å². The summed E-state index contributed by atoms with van der Waals surface area (Å²) in [6, 6.07) is 11.8. The van der Waals surface area contributed by atoms with Crippen molar-refractivity contribution in [3.05, 3.63) is 53.1 Å². The largest absolute Gasteiger partial charge is 0.504 e. The molecule has 2 aromatic carbocycles. The minimum Gasteiger partial charge on any atom is -0.504 e. The van der Waals surface area contributed by atoms with E-state index < -0.39 is 10.8 Å². The molecule has 1 unspecified atom stereocenters. The van der Waals surface area contributed by atoms with Gasteiger partial charge in [0.1, 0.15) is 0 Å². The van der Waals surface area contributed by atoms with Crippen LogP contribution in [0.2, 0.25) is 0 Å². The molecular weight excluding hydrogens is 370 g/mol. The third kappa shape index (κ3) is 4.76. The number of phenolic OH excluding ortho intramolecular Hbond substituents is 1. The third-order valence-electron chi connectivity index (χ3n) is 5.50. The Balaban J connectivity index is 1.67. The number of aryl methyl sites for hydroxylation is 1. The average molecular weight is 402 g/mol. The molecule has 2 aromatic rings. The van der Waals surface area contributed by atoms with E-state index in [9.17, 15) is 9.32 Å². The van der Waals surface area contributed by atoms with E-state index in [0.717, 1.165) is 30.8 Å². The molecule has 0 saturated carbocycles. The Morgan fingerprint density at radius 1 is 1.14 bits per heavy atom. The predicted molar refractivity (Wildman–Crippen MR) is 114 cm³/mol. The molecule has 28 heavy (non-hydrogen) atoms. The van der Waals surface area contributed by atoms with Crippen molar-refractivity contribution < 1.29 is 14.1 Å². The van der Waals surface area contributed by atoms with Gasteiger partial charge in [-0.2, -0.15) is 0 Å². The molecule has 1 N–H and O–H groups in total. The lowest BCUT2D eigenvalue weighted by molar-refractivity contribution is 0.109. The van der Waals surface area contributed by atoms with E-state index in [2.05, 4.69) is 30.9 Å². The molecule has 5 heteroatoms. The van der Waals surface area contributed by atoms with Gasteiger partial charge in [0.15, 0.2) is 11.5 Å². The Labute approximate surface area is 171 Å². The average Bonchev–Trinajstić information content (AvgIpc) is 3.06. The molecule has 4 nitrogen and oxygen atoms in total. The summed E-state index contributed by atoms with van der Waals surface area (Å²) in [5, 5.41) is 9.99. The summed E-state index contributed by atoms with van der Waals surface area (Å²) in [5.74, 6) is 0.745. The molecule has 0 aromatic heterocycles. The molecule has 0 aliphatic carbocycles. The summed E-state index contributed by atoms with van der Waals surface area (Å²) in [6.07, 6.45) is 3.67. The van der Waals surface area contributed by atoms with E-state index in [4.69, 9.17) is 4.74 Å². The molecule has 3 rings (SSSR count). The summed E-state index contributed by atoms with van der Waals surface area (Å²) in [4.78, 5) is 3.39. The van der Waals surface area contributed by atoms with Gasteiger partial charge in [0.2, 0.25) is 0 Å². The van der Waals surface area contributed by atoms with Crippen molar-refractivity contribution in [2.45, 2.75) is 70.2 Å². The number of hydrogen-bond donors (Lipinski definition) is 1. The summed E-state index contributed by atoms with van der Waals surface area (Å²) < 4.78 is 17.5. The second-order valence-electron chi connectivity index (χ2n) is 8.52. The van der Waals surface area contributed by atoms with Gasteiger partial charge in [0.05, 0.1) is 6.10 Å². The van der Waals surface area contributed by atoms with Crippen LogP contribution in [-0.4, -0.2) is 32.1 Å². The first-order valence-electron chi connectivity index (χ1n) is 9.84. The zero-order chi connectivity index (χ0) is 20.5. The lowest BCUT2D eigenvalue weighted by Crippen LogP contribution is -2.40. The Morgan fingerprint density at radius 2 is 1.86 bits per heavy atom. The Kier molecular flexibility index (Phi) is 6.15. The van der Waals surface area contributed by atoms with Gasteiger partial charge in [0.25, 0.3) is 0 Å². The molecule has 0 spiro atoms. The van der Waals surface area contributed by atoms with Gasteiger partial charge < -0.3 is 9.84 Å². The van der Waals surface area contributed by atoms with Crippen LogP contribution in [0.3, 0.4) is 0 Å². The minimum atomic E-state index is -0.942. The van der Waals surface area contributed by atoms with Crippen molar-refractivity contribution in [3.63, 3.8) is 0 Å². The maximum atomic E-state index is 11.8. The SMILES string of the molecule is CC(C)Oc1cc(CCC(C)(C)N2Cc3ccc(S(C)=O)cc3C2)ccc1O. The highest BCUT2D eigenvalue weighted by Gasteiger charge is 2.31. The molecule has 1 aliphatic rings. The lowest BCUT2D eigenvalue weighted by Gasteiger charge is -2.35. The Morgan fingerprint density at radius 3 is 2.54 bits per heavy atom. The van der Waals surface area contributed by atoms with Gasteiger partial charge in [-0.1, -0.05) is 12.1 Å². The number of phenols is 1. The van der Waals surface area contributed by atoms with Crippen molar-refractivity contribution in [2.24, 2.45) is 0 Å². The van der Waals surface area contributed by atoms with Crippen LogP contribution < -0.4 is 4.74 Å². The topological polar surface area (TPSA) is 49.8 Å². The van der Waals surface area contributed by atoms with E-state index in [1.807, 2.05) is 32.0 Å². The van der Waals surface area contributed by atoms with Crippen molar-refractivity contribution in [1.29, 1.82) is 0 Å². The first-order chi connectivity index (χ1) is 13.2. The molecular formula is C23H31NO3S. The predicted octanol–water partition coefficient (Wildman–Crippen LogP) is 4.64. The van der Waals surface area contributed by atoms with E-state index in [-0.39, 0.29) is 17.4 Å². The first-order valence-corrected chi connectivity index (χ1v) is 11.4. The van der Waals surface area contributed by atoms with Crippen molar-refractivity contribution in [3.8, 4) is 11.5 Å². The van der Waals surface area contributed by atoms with E-state index >= 15 is 0 Å². The Hall–Kier alpha value is -1.85. The summed E-state index contributed by atoms with van der Waals surface area (Å²) in [7, 11) is -0.942. The number of aromatic hydroxyl groups is 1. The molecule has 0 bridgehead atoms. The number of ether oxygens (including phenoxy) is 1. The van der Waals surface area contributed by atoms with Crippen molar-refractivity contribution >= 4 is 10.8 Å². The molecule has 0 radical (unpaired) electrons. The van der Waals surface area contributed by atoms with Crippen LogP contribution in [0.15, 0.2) is 41.3 Å². The maximum absolute atomic E-state index is 11.8. The second kappa shape index (κ2) is 8.26. The van der Waals surface area contributed by atoms with Crippen LogP contribution >= 0.6 is 0 Å². The highest BCUT2D eigenvalue weighted by atomic mass is 32.2. The molecule has 0 saturated heterocycles. The molecule has 152 valence electrons. The number of nitrogens with zero attached hydrogens (tertiary/aromatic N) is 1. The van der Waals surface area contributed by atoms with Crippen molar-refractivity contribution in [1.82, 2.24) is 4.90 Å². The molecule has 1 aliphatic heterocycles. The number of rotatable bonds is 7. The minimum absolute atomic E-state index is 0.0293. The van der Waals surface area contributed by atoms with E-state index in [1.54, 1.807) is 12.3 Å². The molecule has 0 amide bonds. The van der Waals surface area contributed by atoms with Gasteiger partial charge >= 0.3 is 0 Å². The fourth-order valence-electron chi connectivity index (χ4n) is 3.65. The zero-order valence-electron chi connectivity index (χ0n) is 17.5. The van der Waals surface area contributed by atoms with Crippen molar-refractivity contribution in [2.75, 3.05) is 6.26 Å². The monoisotopic (exact) mass is 401 g/mol.